The number of hydrogen-bond donors (Lipinski definition) is 1. The highest BCUT2D eigenvalue weighted by Gasteiger charge is 2.26. The highest BCUT2D eigenvalue weighted by molar-refractivity contribution is 5.91. The zero-order chi connectivity index (χ0) is 19.3. The molecule has 3 aromatic heterocycles. The molecule has 1 fully saturated rings. The molecule has 3 aromatic rings. The molecule has 0 spiro atoms. The van der Waals surface area contributed by atoms with Crippen molar-refractivity contribution in [2.45, 2.75) is 12.8 Å². The van der Waals surface area contributed by atoms with Crippen LogP contribution in [0.2, 0.25) is 0 Å². The number of ether oxygens (including phenoxy) is 1. The minimum atomic E-state index is -0.0790. The Morgan fingerprint density at radius 2 is 1.89 bits per heavy atom. The second kappa shape index (κ2) is 7.99. The second-order valence-electron chi connectivity index (χ2n) is 6.38. The van der Waals surface area contributed by atoms with Crippen LogP contribution in [-0.4, -0.2) is 55.8 Å². The van der Waals surface area contributed by atoms with Crippen molar-refractivity contribution in [2.75, 3.05) is 30.4 Å². The van der Waals surface area contributed by atoms with Gasteiger partial charge in [-0.25, -0.2) is 24.6 Å². The lowest BCUT2D eigenvalue weighted by molar-refractivity contribution is -0.120. The Hall–Kier alpha value is -3.56. The van der Waals surface area contributed by atoms with E-state index < -0.39 is 0 Å². The van der Waals surface area contributed by atoms with Gasteiger partial charge in [-0.2, -0.15) is 5.10 Å². The molecule has 10 nitrogen and oxygen atoms in total. The molecule has 0 unspecified atom stereocenters. The highest BCUT2D eigenvalue weighted by Crippen LogP contribution is 2.24. The van der Waals surface area contributed by atoms with Gasteiger partial charge in [-0.15, -0.1) is 0 Å². The van der Waals surface area contributed by atoms with Gasteiger partial charge in [0.05, 0.1) is 7.11 Å². The van der Waals surface area contributed by atoms with Gasteiger partial charge in [-0.3, -0.25) is 4.79 Å². The number of carbonyl (C=O) groups excluding carboxylic acids is 1. The van der Waals surface area contributed by atoms with E-state index in [1.54, 1.807) is 16.9 Å². The Labute approximate surface area is 161 Å². The van der Waals surface area contributed by atoms with Crippen LogP contribution in [-0.2, 0) is 4.79 Å². The summed E-state index contributed by atoms with van der Waals surface area (Å²) in [6.07, 6.45) is 7.91. The number of piperidine rings is 1. The number of aromatic nitrogens is 6. The number of nitrogens with one attached hydrogen (secondary N) is 1. The molecule has 4 heterocycles. The monoisotopic (exact) mass is 380 g/mol. The smallest absolute Gasteiger partial charge is 0.228 e. The van der Waals surface area contributed by atoms with Gasteiger partial charge in [-0.1, -0.05) is 0 Å². The van der Waals surface area contributed by atoms with Crippen molar-refractivity contribution in [1.29, 1.82) is 0 Å². The minimum Gasteiger partial charge on any atom is -0.481 e. The van der Waals surface area contributed by atoms with Gasteiger partial charge in [-0.05, 0) is 18.9 Å². The van der Waals surface area contributed by atoms with E-state index in [4.69, 9.17) is 4.74 Å². The van der Waals surface area contributed by atoms with Crippen molar-refractivity contribution in [3.05, 3.63) is 43.2 Å². The Kier molecular flexibility index (Phi) is 5.09. The van der Waals surface area contributed by atoms with Crippen molar-refractivity contribution < 1.29 is 9.53 Å². The number of nitrogens with zero attached hydrogens (tertiary/aromatic N) is 7. The molecule has 1 amide bonds. The number of methoxy groups -OCH3 is 1. The Bertz CT molecular complexity index is 938. The van der Waals surface area contributed by atoms with Gasteiger partial charge in [0.1, 0.15) is 24.3 Å². The van der Waals surface area contributed by atoms with Crippen molar-refractivity contribution in [3.8, 4) is 11.7 Å². The molecule has 10 heteroatoms. The fourth-order valence-electron chi connectivity index (χ4n) is 3.16. The topological polar surface area (TPSA) is 111 Å². The Balaban J connectivity index is 1.37. The first-order valence-electron chi connectivity index (χ1n) is 8.97. The van der Waals surface area contributed by atoms with E-state index in [1.165, 1.54) is 19.8 Å². The van der Waals surface area contributed by atoms with E-state index >= 15 is 0 Å². The number of amides is 1. The third-order valence-electron chi connectivity index (χ3n) is 4.67. The highest BCUT2D eigenvalue weighted by atomic mass is 16.5. The van der Waals surface area contributed by atoms with Gasteiger partial charge < -0.3 is 15.0 Å². The number of carbonyl (C=O) groups is 1. The van der Waals surface area contributed by atoms with Crippen molar-refractivity contribution in [1.82, 2.24) is 29.7 Å². The lowest BCUT2D eigenvalue weighted by Gasteiger charge is -2.32. The molecular weight excluding hydrogens is 360 g/mol. The zero-order valence-corrected chi connectivity index (χ0v) is 15.4. The molecule has 1 aliphatic rings. The van der Waals surface area contributed by atoms with E-state index in [0.717, 1.165) is 31.7 Å². The van der Waals surface area contributed by atoms with Gasteiger partial charge in [0, 0.05) is 43.5 Å². The maximum absolute atomic E-state index is 12.6. The van der Waals surface area contributed by atoms with E-state index in [1.807, 2.05) is 18.3 Å². The van der Waals surface area contributed by atoms with Gasteiger partial charge in [0.25, 0.3) is 0 Å². The number of anilines is 2. The van der Waals surface area contributed by atoms with Crippen molar-refractivity contribution in [2.24, 2.45) is 5.92 Å². The predicted molar refractivity (Wildman–Crippen MR) is 101 cm³/mol. The summed E-state index contributed by atoms with van der Waals surface area (Å²) in [5, 5.41) is 7.04. The molecule has 144 valence electrons. The lowest BCUT2D eigenvalue weighted by Crippen LogP contribution is -2.38. The maximum Gasteiger partial charge on any atom is 0.228 e. The fourth-order valence-corrected chi connectivity index (χ4v) is 3.16. The molecule has 28 heavy (non-hydrogen) atoms. The molecule has 1 N–H and O–H groups in total. The predicted octanol–water partition coefficient (Wildman–Crippen LogP) is 1.32. The van der Waals surface area contributed by atoms with Crippen LogP contribution in [0.4, 0.5) is 11.6 Å². The third kappa shape index (κ3) is 3.90. The standard InChI is InChI=1S/C18H20N8O2/c1-28-17-9-14(19-11-22-17)24-18(27)13-3-7-25(8-4-13)15-10-16(21-12-20-15)26-6-2-5-23-26/h2,5-6,9-13H,3-4,7-8H2,1H3,(H,19,22,24,27). The first-order valence-corrected chi connectivity index (χ1v) is 8.97. The van der Waals surface area contributed by atoms with Crippen LogP contribution < -0.4 is 15.0 Å². The summed E-state index contributed by atoms with van der Waals surface area (Å²) >= 11 is 0. The molecular formula is C18H20N8O2. The normalized spacial score (nSPS) is 14.7. The zero-order valence-electron chi connectivity index (χ0n) is 15.4. The summed E-state index contributed by atoms with van der Waals surface area (Å²) in [7, 11) is 1.52. The largest absolute Gasteiger partial charge is 0.481 e. The SMILES string of the molecule is COc1cc(NC(=O)C2CCN(c3cc(-n4cccn4)ncn3)CC2)ncn1. The maximum atomic E-state index is 12.6. The molecule has 0 atom stereocenters. The summed E-state index contributed by atoms with van der Waals surface area (Å²) in [5.74, 6) is 2.29. The summed E-state index contributed by atoms with van der Waals surface area (Å²) in [4.78, 5) is 31.3. The van der Waals surface area contributed by atoms with E-state index in [0.29, 0.717) is 17.5 Å². The summed E-state index contributed by atoms with van der Waals surface area (Å²) < 4.78 is 6.75. The summed E-state index contributed by atoms with van der Waals surface area (Å²) in [5.41, 5.74) is 0. The van der Waals surface area contributed by atoms with Gasteiger partial charge >= 0.3 is 0 Å². The molecule has 0 saturated carbocycles. The molecule has 0 bridgehead atoms. The molecule has 0 aromatic carbocycles. The fraction of sp³-hybridized carbons (Fsp3) is 0.333. The first-order chi connectivity index (χ1) is 13.7. The average Bonchev–Trinajstić information content (AvgIpc) is 3.29. The van der Waals surface area contributed by atoms with Crippen LogP contribution in [0.5, 0.6) is 5.88 Å². The number of hydrogen-bond acceptors (Lipinski definition) is 8. The van der Waals surface area contributed by atoms with Gasteiger partial charge in [0.15, 0.2) is 5.82 Å². The molecule has 0 aliphatic carbocycles. The molecule has 1 saturated heterocycles. The Morgan fingerprint density at radius 3 is 2.64 bits per heavy atom. The van der Waals surface area contributed by atoms with Crippen LogP contribution >= 0.6 is 0 Å². The average molecular weight is 380 g/mol. The van der Waals surface area contributed by atoms with E-state index in [9.17, 15) is 4.79 Å². The van der Waals surface area contributed by atoms with E-state index in [2.05, 4.69) is 35.3 Å². The molecule has 1 aliphatic heterocycles. The summed E-state index contributed by atoms with van der Waals surface area (Å²) in [6.45, 7) is 1.47. The second-order valence-corrected chi connectivity index (χ2v) is 6.38. The van der Waals surface area contributed by atoms with E-state index in [-0.39, 0.29) is 11.8 Å². The number of rotatable bonds is 5. The molecule has 4 rings (SSSR count). The molecule has 0 radical (unpaired) electrons. The van der Waals surface area contributed by atoms with Crippen LogP contribution in [0, 0.1) is 5.92 Å². The van der Waals surface area contributed by atoms with Crippen LogP contribution in [0.3, 0.4) is 0 Å². The third-order valence-corrected chi connectivity index (χ3v) is 4.67. The van der Waals surface area contributed by atoms with Crippen LogP contribution in [0.25, 0.3) is 5.82 Å². The summed E-state index contributed by atoms with van der Waals surface area (Å²) in [6, 6.07) is 5.35. The van der Waals surface area contributed by atoms with Crippen molar-refractivity contribution >= 4 is 17.5 Å². The first kappa shape index (κ1) is 17.8. The van der Waals surface area contributed by atoms with Crippen molar-refractivity contribution in [3.63, 3.8) is 0 Å². The van der Waals surface area contributed by atoms with Crippen LogP contribution in [0.1, 0.15) is 12.8 Å². The lowest BCUT2D eigenvalue weighted by atomic mass is 9.96. The Morgan fingerprint density at radius 1 is 1.11 bits per heavy atom. The minimum absolute atomic E-state index is 0.0414. The van der Waals surface area contributed by atoms with Crippen LogP contribution in [0.15, 0.2) is 43.2 Å². The van der Waals surface area contributed by atoms with Gasteiger partial charge in [0.2, 0.25) is 11.8 Å². The quantitative estimate of drug-likeness (QED) is 0.705.